The molecule has 3 heteroatoms. The van der Waals surface area contributed by atoms with Crippen LogP contribution in [0.15, 0.2) is 48.5 Å². The molecule has 0 saturated carbocycles. The lowest BCUT2D eigenvalue weighted by molar-refractivity contribution is 0.0993. The van der Waals surface area contributed by atoms with E-state index >= 15 is 0 Å². The summed E-state index contributed by atoms with van der Waals surface area (Å²) < 4.78 is 0. The van der Waals surface area contributed by atoms with Crippen molar-refractivity contribution < 1.29 is 4.79 Å². The first-order valence-electron chi connectivity index (χ1n) is 7.34. The second-order valence-electron chi connectivity index (χ2n) is 5.57. The molecule has 0 atom stereocenters. The minimum atomic E-state index is 0.0391. The van der Waals surface area contributed by atoms with E-state index in [0.717, 1.165) is 30.6 Å². The molecule has 1 heterocycles. The second-order valence-corrected chi connectivity index (χ2v) is 5.57. The number of rotatable bonds is 2. The molecule has 21 heavy (non-hydrogen) atoms. The van der Waals surface area contributed by atoms with Gasteiger partial charge >= 0.3 is 0 Å². The molecule has 3 rings (SSSR count). The Morgan fingerprint density at radius 3 is 2.67 bits per heavy atom. The lowest BCUT2D eigenvalue weighted by Gasteiger charge is -2.28. The zero-order valence-corrected chi connectivity index (χ0v) is 12.5. The molecule has 0 unspecified atom stereocenters. The quantitative estimate of drug-likeness (QED) is 0.842. The normalized spacial score (nSPS) is 13.7. The molecule has 0 aromatic heterocycles. The van der Waals surface area contributed by atoms with Gasteiger partial charge in [-0.25, -0.2) is 0 Å². The summed E-state index contributed by atoms with van der Waals surface area (Å²) in [5.74, 6) is 0.0391. The number of anilines is 2. The largest absolute Gasteiger partial charge is 0.374 e. The zero-order chi connectivity index (χ0) is 14.8. The molecule has 0 radical (unpaired) electrons. The summed E-state index contributed by atoms with van der Waals surface area (Å²) in [4.78, 5) is 16.6. The number of aryl methyl sites for hydroxylation is 1. The van der Waals surface area contributed by atoms with Crippen molar-refractivity contribution in [2.24, 2.45) is 0 Å². The molecule has 0 N–H and O–H groups in total. The van der Waals surface area contributed by atoms with E-state index in [9.17, 15) is 4.79 Å². The van der Waals surface area contributed by atoms with Crippen LogP contribution in [0.2, 0.25) is 0 Å². The van der Waals surface area contributed by atoms with Crippen LogP contribution in [0.1, 0.15) is 22.3 Å². The summed E-state index contributed by atoms with van der Waals surface area (Å²) in [5, 5.41) is 0. The van der Waals surface area contributed by atoms with Crippen LogP contribution in [0.3, 0.4) is 0 Å². The van der Waals surface area contributed by atoms with Crippen LogP contribution >= 0.6 is 0 Å². The lowest BCUT2D eigenvalue weighted by Crippen LogP contribution is -2.28. The predicted octanol–water partition coefficient (Wildman–Crippen LogP) is 3.35. The predicted molar refractivity (Wildman–Crippen MR) is 87.2 cm³/mol. The van der Waals surface area contributed by atoms with Crippen molar-refractivity contribution >= 4 is 17.3 Å². The first kappa shape index (κ1) is 13.7. The first-order valence-corrected chi connectivity index (χ1v) is 7.34. The number of fused-ring (bicyclic) bond motifs is 1. The van der Waals surface area contributed by atoms with Gasteiger partial charge in [0.05, 0.1) is 0 Å². The van der Waals surface area contributed by atoms with E-state index in [4.69, 9.17) is 0 Å². The SMILES string of the molecule is CN1CCCc2cc(C(=O)N(C)c3ccccc3)ccc21. The molecule has 2 aromatic carbocycles. The number of benzene rings is 2. The Bertz CT molecular complexity index is 652. The third-order valence-corrected chi connectivity index (χ3v) is 4.13. The van der Waals surface area contributed by atoms with Crippen molar-refractivity contribution in [3.63, 3.8) is 0 Å². The third-order valence-electron chi connectivity index (χ3n) is 4.13. The van der Waals surface area contributed by atoms with Crippen LogP contribution in [0.4, 0.5) is 11.4 Å². The Hall–Kier alpha value is -2.29. The Kier molecular flexibility index (Phi) is 3.65. The molecular weight excluding hydrogens is 260 g/mol. The van der Waals surface area contributed by atoms with Crippen LogP contribution < -0.4 is 9.80 Å². The highest BCUT2D eigenvalue weighted by Gasteiger charge is 2.18. The first-order chi connectivity index (χ1) is 10.2. The molecule has 0 bridgehead atoms. The Balaban J connectivity index is 1.89. The molecule has 1 aliphatic rings. The highest BCUT2D eigenvalue weighted by molar-refractivity contribution is 6.06. The van der Waals surface area contributed by atoms with Gasteiger partial charge in [0.25, 0.3) is 5.91 Å². The molecule has 1 aliphatic heterocycles. The second kappa shape index (κ2) is 5.60. The topological polar surface area (TPSA) is 23.6 Å². The van der Waals surface area contributed by atoms with Crippen LogP contribution in [0, 0.1) is 0 Å². The number of hydrogen-bond donors (Lipinski definition) is 0. The van der Waals surface area contributed by atoms with Gasteiger partial charge in [-0.2, -0.15) is 0 Å². The highest BCUT2D eigenvalue weighted by atomic mass is 16.2. The molecule has 0 fully saturated rings. The van der Waals surface area contributed by atoms with Gasteiger partial charge in [-0.3, -0.25) is 4.79 Å². The smallest absolute Gasteiger partial charge is 0.258 e. The Morgan fingerprint density at radius 1 is 1.14 bits per heavy atom. The average molecular weight is 280 g/mol. The van der Waals surface area contributed by atoms with E-state index in [1.54, 1.807) is 4.90 Å². The maximum Gasteiger partial charge on any atom is 0.258 e. The lowest BCUT2D eigenvalue weighted by atomic mass is 9.99. The van der Waals surface area contributed by atoms with E-state index in [-0.39, 0.29) is 5.91 Å². The minimum Gasteiger partial charge on any atom is -0.374 e. The van der Waals surface area contributed by atoms with E-state index in [0.29, 0.717) is 0 Å². The average Bonchev–Trinajstić information content (AvgIpc) is 2.54. The van der Waals surface area contributed by atoms with Crippen LogP contribution in [-0.4, -0.2) is 26.5 Å². The van der Waals surface area contributed by atoms with Crippen LogP contribution in [0.5, 0.6) is 0 Å². The van der Waals surface area contributed by atoms with E-state index in [1.165, 1.54) is 11.3 Å². The van der Waals surface area contributed by atoms with Crippen molar-refractivity contribution in [1.82, 2.24) is 0 Å². The number of carbonyl (C=O) groups excluding carboxylic acids is 1. The van der Waals surface area contributed by atoms with Crippen molar-refractivity contribution in [2.45, 2.75) is 12.8 Å². The van der Waals surface area contributed by atoms with Gasteiger partial charge in [-0.1, -0.05) is 18.2 Å². The number of nitrogens with zero attached hydrogens (tertiary/aromatic N) is 2. The maximum absolute atomic E-state index is 12.6. The third kappa shape index (κ3) is 2.64. The van der Waals surface area contributed by atoms with Gasteiger partial charge in [0.1, 0.15) is 0 Å². The van der Waals surface area contributed by atoms with Crippen LogP contribution in [-0.2, 0) is 6.42 Å². The zero-order valence-electron chi connectivity index (χ0n) is 12.5. The van der Waals surface area contributed by atoms with E-state index < -0.39 is 0 Å². The molecule has 3 nitrogen and oxygen atoms in total. The molecule has 1 amide bonds. The summed E-state index contributed by atoms with van der Waals surface area (Å²) in [6.45, 7) is 1.09. The monoisotopic (exact) mass is 280 g/mol. The number of amides is 1. The fourth-order valence-corrected chi connectivity index (χ4v) is 2.88. The molecule has 0 saturated heterocycles. The summed E-state index contributed by atoms with van der Waals surface area (Å²) >= 11 is 0. The fourth-order valence-electron chi connectivity index (χ4n) is 2.88. The number of carbonyl (C=O) groups is 1. The van der Waals surface area contributed by atoms with Gasteiger partial charge < -0.3 is 9.80 Å². The molecule has 2 aromatic rings. The molecular formula is C18H20N2O. The molecule has 0 spiro atoms. The highest BCUT2D eigenvalue weighted by Crippen LogP contribution is 2.27. The van der Waals surface area contributed by atoms with Gasteiger partial charge in [-0.15, -0.1) is 0 Å². The fraction of sp³-hybridized carbons (Fsp3) is 0.278. The van der Waals surface area contributed by atoms with Crippen molar-refractivity contribution in [1.29, 1.82) is 0 Å². The standard InChI is InChI=1S/C18H20N2O/c1-19-12-6-7-14-13-15(10-11-17(14)19)18(21)20(2)16-8-4-3-5-9-16/h3-5,8-11,13H,6-7,12H2,1-2H3. The van der Waals surface area contributed by atoms with Gasteiger partial charge in [0.2, 0.25) is 0 Å². The number of hydrogen-bond acceptors (Lipinski definition) is 2. The van der Waals surface area contributed by atoms with E-state index in [2.05, 4.69) is 18.0 Å². The van der Waals surface area contributed by atoms with E-state index in [1.807, 2.05) is 49.5 Å². The van der Waals surface area contributed by atoms with Gasteiger partial charge in [0, 0.05) is 37.6 Å². The molecule has 0 aliphatic carbocycles. The Labute approximate surface area is 125 Å². The maximum atomic E-state index is 12.6. The van der Waals surface area contributed by atoms with Crippen molar-refractivity contribution in [3.05, 3.63) is 59.7 Å². The van der Waals surface area contributed by atoms with Gasteiger partial charge in [0.15, 0.2) is 0 Å². The van der Waals surface area contributed by atoms with Crippen molar-refractivity contribution in [3.8, 4) is 0 Å². The molecule has 108 valence electrons. The summed E-state index contributed by atoms with van der Waals surface area (Å²) in [5.41, 5.74) is 4.20. The summed E-state index contributed by atoms with van der Waals surface area (Å²) in [7, 11) is 3.93. The van der Waals surface area contributed by atoms with Crippen molar-refractivity contribution in [2.75, 3.05) is 30.4 Å². The minimum absolute atomic E-state index is 0.0391. The Morgan fingerprint density at radius 2 is 1.90 bits per heavy atom. The number of para-hydroxylation sites is 1. The summed E-state index contributed by atoms with van der Waals surface area (Å²) in [6, 6.07) is 15.8. The summed E-state index contributed by atoms with van der Waals surface area (Å²) in [6.07, 6.45) is 2.20. The van der Waals surface area contributed by atoms with Gasteiger partial charge in [-0.05, 0) is 48.7 Å². The van der Waals surface area contributed by atoms with Crippen LogP contribution in [0.25, 0.3) is 0 Å².